The molecule has 1 amide bonds. The van der Waals surface area contributed by atoms with Gasteiger partial charge in [0, 0.05) is 19.4 Å². The molecule has 0 aromatic carbocycles. The molecule has 96 valence electrons. The van der Waals surface area contributed by atoms with Gasteiger partial charge in [0.2, 0.25) is 5.91 Å². The minimum absolute atomic E-state index is 0.00856. The molecule has 0 heterocycles. The molecular formula is C13H21NO3. The molecule has 0 bridgehead atoms. The molecule has 0 rings (SSSR count). The van der Waals surface area contributed by atoms with Crippen LogP contribution in [0.4, 0.5) is 0 Å². The van der Waals surface area contributed by atoms with Crippen molar-refractivity contribution in [3.8, 4) is 12.3 Å². The summed E-state index contributed by atoms with van der Waals surface area (Å²) in [4.78, 5) is 22.3. The van der Waals surface area contributed by atoms with E-state index in [1.165, 1.54) is 0 Å². The number of hydrogen-bond donors (Lipinski definition) is 2. The molecule has 0 saturated carbocycles. The van der Waals surface area contributed by atoms with Gasteiger partial charge in [0.25, 0.3) is 0 Å². The number of hydrogen-bond acceptors (Lipinski definition) is 2. The highest BCUT2D eigenvalue weighted by atomic mass is 16.4. The van der Waals surface area contributed by atoms with Crippen molar-refractivity contribution in [1.82, 2.24) is 5.32 Å². The van der Waals surface area contributed by atoms with E-state index in [0.29, 0.717) is 12.8 Å². The lowest BCUT2D eigenvalue weighted by Gasteiger charge is -2.16. The number of aliphatic carboxylic acids is 1. The zero-order chi connectivity index (χ0) is 13.3. The summed E-state index contributed by atoms with van der Waals surface area (Å²) < 4.78 is 0. The third kappa shape index (κ3) is 7.40. The monoisotopic (exact) mass is 239 g/mol. The molecule has 17 heavy (non-hydrogen) atoms. The van der Waals surface area contributed by atoms with Crippen molar-refractivity contribution >= 4 is 11.9 Å². The van der Waals surface area contributed by atoms with Crippen LogP contribution in [0.2, 0.25) is 0 Å². The first-order valence-electron chi connectivity index (χ1n) is 5.92. The molecule has 0 aromatic heterocycles. The fraction of sp³-hybridized carbons (Fsp3) is 0.692. The highest BCUT2D eigenvalue weighted by Gasteiger charge is 2.21. The van der Waals surface area contributed by atoms with Crippen LogP contribution < -0.4 is 5.32 Å². The van der Waals surface area contributed by atoms with Crippen molar-refractivity contribution in [1.29, 1.82) is 0 Å². The van der Waals surface area contributed by atoms with Crippen LogP contribution in [0.3, 0.4) is 0 Å². The lowest BCUT2D eigenvalue weighted by molar-refractivity contribution is -0.143. The Kier molecular flexibility index (Phi) is 7.87. The number of terminal acetylenes is 1. The van der Waals surface area contributed by atoms with E-state index in [1.54, 1.807) is 0 Å². The van der Waals surface area contributed by atoms with Gasteiger partial charge in [0.05, 0.1) is 5.92 Å². The summed E-state index contributed by atoms with van der Waals surface area (Å²) >= 11 is 0. The number of rotatable bonds is 8. The van der Waals surface area contributed by atoms with Gasteiger partial charge in [-0.05, 0) is 18.8 Å². The Balaban J connectivity index is 3.82. The summed E-state index contributed by atoms with van der Waals surface area (Å²) in [5, 5.41) is 11.6. The molecule has 0 aliphatic heterocycles. The van der Waals surface area contributed by atoms with Crippen LogP contribution in [0.1, 0.15) is 39.5 Å². The van der Waals surface area contributed by atoms with Crippen LogP contribution >= 0.6 is 0 Å². The Bertz CT molecular complexity index is 292. The molecule has 1 unspecified atom stereocenters. The Hall–Kier alpha value is -1.50. The van der Waals surface area contributed by atoms with Gasteiger partial charge in [-0.2, -0.15) is 0 Å². The van der Waals surface area contributed by atoms with E-state index in [9.17, 15) is 9.59 Å². The van der Waals surface area contributed by atoms with E-state index in [0.717, 1.165) is 12.8 Å². The average Bonchev–Trinajstić information content (AvgIpc) is 2.23. The first-order chi connectivity index (χ1) is 7.99. The molecule has 4 heteroatoms. The zero-order valence-electron chi connectivity index (χ0n) is 10.5. The van der Waals surface area contributed by atoms with Crippen molar-refractivity contribution in [2.45, 2.75) is 39.5 Å². The summed E-state index contributed by atoms with van der Waals surface area (Å²) in [6.07, 6.45) is 7.76. The molecule has 0 radical (unpaired) electrons. The summed E-state index contributed by atoms with van der Waals surface area (Å²) in [6.45, 7) is 3.86. The normalized spacial score (nSPS) is 11.9. The Morgan fingerprint density at radius 3 is 2.47 bits per heavy atom. The lowest BCUT2D eigenvalue weighted by Crippen LogP contribution is -2.35. The van der Waals surface area contributed by atoms with Gasteiger partial charge in [-0.1, -0.05) is 13.8 Å². The quantitative estimate of drug-likeness (QED) is 0.500. The maximum Gasteiger partial charge on any atom is 0.308 e. The third-order valence-electron chi connectivity index (χ3n) is 2.62. The predicted octanol–water partition coefficient (Wildman–Crippen LogP) is 1.65. The zero-order valence-corrected chi connectivity index (χ0v) is 10.5. The Morgan fingerprint density at radius 1 is 1.35 bits per heavy atom. The van der Waals surface area contributed by atoms with Crippen LogP contribution in [0, 0.1) is 24.2 Å². The molecule has 0 spiro atoms. The van der Waals surface area contributed by atoms with Crippen LogP contribution in [-0.4, -0.2) is 23.5 Å². The van der Waals surface area contributed by atoms with Crippen molar-refractivity contribution in [2.75, 3.05) is 6.54 Å². The van der Waals surface area contributed by atoms with E-state index in [2.05, 4.69) is 11.2 Å². The Morgan fingerprint density at radius 2 is 2.00 bits per heavy atom. The van der Waals surface area contributed by atoms with Crippen molar-refractivity contribution in [3.63, 3.8) is 0 Å². The highest BCUT2D eigenvalue weighted by Crippen LogP contribution is 2.09. The minimum atomic E-state index is -0.868. The second-order valence-corrected chi connectivity index (χ2v) is 4.40. The lowest BCUT2D eigenvalue weighted by atomic mass is 9.96. The SMILES string of the molecule is C#CCCCCC(=O)NCC(C(=O)O)C(C)C. The second kappa shape index (κ2) is 8.63. The largest absolute Gasteiger partial charge is 0.481 e. The van der Waals surface area contributed by atoms with E-state index >= 15 is 0 Å². The molecular weight excluding hydrogens is 218 g/mol. The molecule has 0 saturated heterocycles. The van der Waals surface area contributed by atoms with Crippen LogP contribution in [0.5, 0.6) is 0 Å². The van der Waals surface area contributed by atoms with Crippen molar-refractivity contribution in [3.05, 3.63) is 0 Å². The predicted molar refractivity (Wildman–Crippen MR) is 66.3 cm³/mol. The van der Waals surface area contributed by atoms with E-state index in [4.69, 9.17) is 11.5 Å². The first-order valence-corrected chi connectivity index (χ1v) is 5.92. The standard InChI is InChI=1S/C13H21NO3/c1-4-5-6-7-8-12(15)14-9-11(10(2)3)13(16)17/h1,10-11H,5-9H2,2-3H3,(H,14,15)(H,16,17). The van der Waals surface area contributed by atoms with Crippen LogP contribution in [0.15, 0.2) is 0 Å². The van der Waals surface area contributed by atoms with Crippen molar-refractivity contribution in [2.24, 2.45) is 11.8 Å². The van der Waals surface area contributed by atoms with Crippen LogP contribution in [0.25, 0.3) is 0 Å². The molecule has 2 N–H and O–H groups in total. The Labute approximate surface area is 103 Å². The van der Waals surface area contributed by atoms with Gasteiger partial charge in [0.1, 0.15) is 0 Å². The molecule has 0 aromatic rings. The molecule has 4 nitrogen and oxygen atoms in total. The highest BCUT2D eigenvalue weighted by molar-refractivity contribution is 5.77. The summed E-state index contributed by atoms with van der Waals surface area (Å²) in [5.74, 6) is 1.03. The number of unbranched alkanes of at least 4 members (excludes halogenated alkanes) is 2. The third-order valence-corrected chi connectivity index (χ3v) is 2.62. The van der Waals surface area contributed by atoms with Gasteiger partial charge in [-0.25, -0.2) is 0 Å². The maximum absolute atomic E-state index is 11.4. The minimum Gasteiger partial charge on any atom is -0.481 e. The number of carboxylic acids is 1. The number of carbonyl (C=O) groups is 2. The fourth-order valence-corrected chi connectivity index (χ4v) is 1.43. The van der Waals surface area contributed by atoms with Crippen LogP contribution in [-0.2, 0) is 9.59 Å². The molecule has 1 atom stereocenters. The number of amides is 1. The number of carbonyl (C=O) groups excluding carboxylic acids is 1. The van der Waals surface area contributed by atoms with E-state index in [1.807, 2.05) is 13.8 Å². The first kappa shape index (κ1) is 15.5. The number of carboxylic acid groups (broad SMARTS) is 1. The topological polar surface area (TPSA) is 66.4 Å². The van der Waals surface area contributed by atoms with Gasteiger partial charge in [0.15, 0.2) is 0 Å². The van der Waals surface area contributed by atoms with Crippen molar-refractivity contribution < 1.29 is 14.7 Å². The summed E-state index contributed by atoms with van der Waals surface area (Å²) in [6, 6.07) is 0. The second-order valence-electron chi connectivity index (χ2n) is 4.40. The van der Waals surface area contributed by atoms with E-state index < -0.39 is 11.9 Å². The maximum atomic E-state index is 11.4. The average molecular weight is 239 g/mol. The smallest absolute Gasteiger partial charge is 0.308 e. The number of nitrogens with one attached hydrogen (secondary N) is 1. The molecule has 0 aliphatic rings. The summed E-state index contributed by atoms with van der Waals surface area (Å²) in [7, 11) is 0. The molecule has 0 aliphatic carbocycles. The molecule has 0 fully saturated rings. The van der Waals surface area contributed by atoms with Gasteiger partial charge in [-0.15, -0.1) is 12.3 Å². The van der Waals surface area contributed by atoms with Gasteiger partial charge in [-0.3, -0.25) is 9.59 Å². The van der Waals surface area contributed by atoms with Gasteiger partial charge < -0.3 is 10.4 Å². The van der Waals surface area contributed by atoms with E-state index in [-0.39, 0.29) is 18.4 Å². The summed E-state index contributed by atoms with van der Waals surface area (Å²) in [5.41, 5.74) is 0. The van der Waals surface area contributed by atoms with Gasteiger partial charge >= 0.3 is 5.97 Å². The fourth-order valence-electron chi connectivity index (χ4n) is 1.43.